The molecule has 0 atom stereocenters. The van der Waals surface area contributed by atoms with E-state index in [9.17, 15) is 9.59 Å². The Morgan fingerprint density at radius 1 is 1.09 bits per heavy atom. The minimum absolute atomic E-state index is 0. The Bertz CT molecular complexity index is 1200. The molecule has 1 fully saturated rings. The number of carbonyl (C=O) groups is 2. The number of urea groups is 1. The average molecular weight is 486 g/mol. The lowest BCUT2D eigenvalue weighted by molar-refractivity contribution is 0.0967. The second-order valence-corrected chi connectivity index (χ2v) is 8.91. The Labute approximate surface area is 205 Å². The van der Waals surface area contributed by atoms with E-state index in [-0.39, 0.29) is 12.4 Å². The first-order valence-corrected chi connectivity index (χ1v) is 11.2. The van der Waals surface area contributed by atoms with Gasteiger partial charge in [0.25, 0.3) is 5.91 Å². The maximum atomic E-state index is 13.2. The predicted octanol–water partition coefficient (Wildman–Crippen LogP) is 3.54. The van der Waals surface area contributed by atoms with Gasteiger partial charge in [0.15, 0.2) is 5.65 Å². The summed E-state index contributed by atoms with van der Waals surface area (Å²) in [6, 6.07) is 7.04. The number of anilines is 2. The van der Waals surface area contributed by atoms with Crippen molar-refractivity contribution in [3.63, 3.8) is 0 Å². The second-order valence-electron chi connectivity index (χ2n) is 8.91. The van der Waals surface area contributed by atoms with Crippen LogP contribution in [0.15, 0.2) is 30.5 Å². The van der Waals surface area contributed by atoms with Crippen LogP contribution in [0.5, 0.6) is 0 Å². The maximum absolute atomic E-state index is 13.2. The summed E-state index contributed by atoms with van der Waals surface area (Å²) in [5.41, 5.74) is 4.42. The predicted molar refractivity (Wildman–Crippen MR) is 137 cm³/mol. The first-order valence-electron chi connectivity index (χ1n) is 11.2. The number of likely N-dealkylation sites (N-methyl/N-ethyl adjacent to an activating group) is 1. The molecule has 0 spiro atoms. The molecule has 1 aliphatic rings. The van der Waals surface area contributed by atoms with Gasteiger partial charge in [0.05, 0.1) is 22.3 Å². The van der Waals surface area contributed by atoms with Crippen molar-refractivity contribution in [2.24, 2.45) is 7.05 Å². The van der Waals surface area contributed by atoms with E-state index < -0.39 is 11.9 Å². The Balaban J connectivity index is 0.00000324. The molecule has 1 aliphatic heterocycles. The molecule has 9 nitrogen and oxygen atoms in total. The molecule has 0 aliphatic carbocycles. The fourth-order valence-corrected chi connectivity index (χ4v) is 4.23. The molecule has 1 aromatic carbocycles. The number of hydrogen-bond acceptors (Lipinski definition) is 6. The van der Waals surface area contributed by atoms with Gasteiger partial charge < -0.3 is 15.1 Å². The van der Waals surface area contributed by atoms with E-state index in [1.54, 1.807) is 16.9 Å². The van der Waals surface area contributed by atoms with E-state index in [1.807, 2.05) is 32.2 Å². The standard InChI is InChI=1S/C24H31N7O2.ClH/c1-15(2)17-7-6-8-18(13-17)26-24(33)27-23(32)19-14-25-22-20(16(3)28-30(22)5)21(19)31-11-9-29(4)10-12-31;/h6-8,13-15H,9-12H2,1-5H3,(H2,26,27,32,33);1H. The number of imide groups is 1. The third-order valence-electron chi connectivity index (χ3n) is 6.10. The number of aromatic nitrogens is 3. The van der Waals surface area contributed by atoms with Crippen molar-refractivity contribution in [2.45, 2.75) is 26.7 Å². The number of carbonyl (C=O) groups excluding carboxylic acids is 2. The highest BCUT2D eigenvalue weighted by molar-refractivity contribution is 6.13. The summed E-state index contributed by atoms with van der Waals surface area (Å²) in [7, 11) is 3.93. The van der Waals surface area contributed by atoms with Gasteiger partial charge in [0, 0.05) is 45.1 Å². The molecule has 182 valence electrons. The first-order chi connectivity index (χ1) is 15.7. The Kier molecular flexibility index (Phi) is 7.78. The number of halogens is 1. The number of benzene rings is 1. The molecular formula is C24H32ClN7O2. The molecule has 2 N–H and O–H groups in total. The molecular weight excluding hydrogens is 454 g/mol. The van der Waals surface area contributed by atoms with Gasteiger partial charge >= 0.3 is 6.03 Å². The van der Waals surface area contributed by atoms with Gasteiger partial charge in [-0.25, -0.2) is 9.78 Å². The summed E-state index contributed by atoms with van der Waals surface area (Å²) in [5.74, 6) is -0.151. The smallest absolute Gasteiger partial charge is 0.326 e. The number of piperazine rings is 1. The zero-order valence-corrected chi connectivity index (χ0v) is 21.1. The first kappa shape index (κ1) is 25.5. The molecule has 1 saturated heterocycles. The lowest BCUT2D eigenvalue weighted by Crippen LogP contribution is -2.45. The fraction of sp³-hybridized carbons (Fsp3) is 0.417. The lowest BCUT2D eigenvalue weighted by atomic mass is 10.0. The van der Waals surface area contributed by atoms with Crippen molar-refractivity contribution in [3.05, 3.63) is 47.3 Å². The van der Waals surface area contributed by atoms with Crippen LogP contribution in [0.4, 0.5) is 16.2 Å². The minimum Gasteiger partial charge on any atom is -0.368 e. The Morgan fingerprint density at radius 2 is 1.79 bits per heavy atom. The molecule has 3 amide bonds. The zero-order chi connectivity index (χ0) is 23.7. The summed E-state index contributed by atoms with van der Waals surface area (Å²) in [6.07, 6.45) is 1.54. The molecule has 0 unspecified atom stereocenters. The molecule has 0 saturated carbocycles. The van der Waals surface area contributed by atoms with Crippen LogP contribution in [0, 0.1) is 6.92 Å². The zero-order valence-electron chi connectivity index (χ0n) is 20.3. The van der Waals surface area contributed by atoms with Crippen LogP contribution in [0.3, 0.4) is 0 Å². The van der Waals surface area contributed by atoms with E-state index in [0.717, 1.165) is 48.5 Å². The number of fused-ring (bicyclic) bond motifs is 1. The molecule has 4 rings (SSSR count). The summed E-state index contributed by atoms with van der Waals surface area (Å²) in [4.78, 5) is 34.8. The van der Waals surface area contributed by atoms with Crippen LogP contribution in [0.25, 0.3) is 11.0 Å². The van der Waals surface area contributed by atoms with E-state index in [4.69, 9.17) is 0 Å². The normalized spacial score (nSPS) is 14.2. The van der Waals surface area contributed by atoms with Gasteiger partial charge in [0.2, 0.25) is 0 Å². The van der Waals surface area contributed by atoms with Crippen molar-refractivity contribution in [2.75, 3.05) is 43.4 Å². The third kappa shape index (κ3) is 5.15. The van der Waals surface area contributed by atoms with Crippen molar-refractivity contribution in [1.82, 2.24) is 25.0 Å². The Morgan fingerprint density at radius 3 is 2.47 bits per heavy atom. The monoisotopic (exact) mass is 485 g/mol. The van der Waals surface area contributed by atoms with Crippen LogP contribution in [0.2, 0.25) is 0 Å². The molecule has 3 heterocycles. The quantitative estimate of drug-likeness (QED) is 0.587. The van der Waals surface area contributed by atoms with Crippen LogP contribution in [-0.2, 0) is 7.05 Å². The van der Waals surface area contributed by atoms with Gasteiger partial charge in [-0.3, -0.25) is 14.8 Å². The molecule has 0 bridgehead atoms. The number of aryl methyl sites for hydroxylation is 2. The molecule has 34 heavy (non-hydrogen) atoms. The highest BCUT2D eigenvalue weighted by Gasteiger charge is 2.26. The largest absolute Gasteiger partial charge is 0.368 e. The van der Waals surface area contributed by atoms with Crippen molar-refractivity contribution in [3.8, 4) is 0 Å². The minimum atomic E-state index is -0.576. The van der Waals surface area contributed by atoms with E-state index in [2.05, 4.69) is 51.4 Å². The third-order valence-corrected chi connectivity index (χ3v) is 6.10. The van der Waals surface area contributed by atoms with Gasteiger partial charge in [-0.05, 0) is 37.6 Å². The van der Waals surface area contributed by atoms with Crippen LogP contribution in [0.1, 0.15) is 41.4 Å². The van der Waals surface area contributed by atoms with Crippen molar-refractivity contribution >= 4 is 46.8 Å². The van der Waals surface area contributed by atoms with Gasteiger partial charge in [-0.15, -0.1) is 12.4 Å². The van der Waals surface area contributed by atoms with E-state index in [1.165, 1.54) is 0 Å². The van der Waals surface area contributed by atoms with E-state index in [0.29, 0.717) is 22.8 Å². The highest BCUT2D eigenvalue weighted by Crippen LogP contribution is 2.32. The lowest BCUT2D eigenvalue weighted by Gasteiger charge is -2.35. The topological polar surface area (TPSA) is 95.4 Å². The van der Waals surface area contributed by atoms with Gasteiger partial charge in [-0.1, -0.05) is 26.0 Å². The van der Waals surface area contributed by atoms with Crippen molar-refractivity contribution < 1.29 is 9.59 Å². The average Bonchev–Trinajstić information content (AvgIpc) is 3.07. The SMILES string of the molecule is Cc1nn(C)c2ncc(C(=O)NC(=O)Nc3cccc(C(C)C)c3)c(N3CCN(C)CC3)c12.Cl. The van der Waals surface area contributed by atoms with Crippen molar-refractivity contribution in [1.29, 1.82) is 0 Å². The molecule has 10 heteroatoms. The van der Waals surface area contributed by atoms with Crippen LogP contribution < -0.4 is 15.5 Å². The molecule has 0 radical (unpaired) electrons. The van der Waals surface area contributed by atoms with Gasteiger partial charge in [-0.2, -0.15) is 5.10 Å². The molecule has 3 aromatic rings. The number of nitrogens with zero attached hydrogens (tertiary/aromatic N) is 5. The fourth-order valence-electron chi connectivity index (χ4n) is 4.23. The van der Waals surface area contributed by atoms with Gasteiger partial charge in [0.1, 0.15) is 0 Å². The maximum Gasteiger partial charge on any atom is 0.326 e. The number of nitrogens with one attached hydrogen (secondary N) is 2. The summed E-state index contributed by atoms with van der Waals surface area (Å²) in [6.45, 7) is 9.42. The number of hydrogen-bond donors (Lipinski definition) is 2. The number of rotatable bonds is 4. The Hall–Kier alpha value is -3.17. The summed E-state index contributed by atoms with van der Waals surface area (Å²) >= 11 is 0. The second kappa shape index (κ2) is 10.4. The highest BCUT2D eigenvalue weighted by atomic mass is 35.5. The van der Waals surface area contributed by atoms with E-state index >= 15 is 0 Å². The summed E-state index contributed by atoms with van der Waals surface area (Å²) in [5, 5.41) is 10.6. The number of amides is 3. The van der Waals surface area contributed by atoms with Crippen LogP contribution in [-0.4, -0.2) is 64.8 Å². The number of pyridine rings is 1. The molecule has 2 aromatic heterocycles. The van der Waals surface area contributed by atoms with Crippen LogP contribution >= 0.6 is 12.4 Å². The summed E-state index contributed by atoms with van der Waals surface area (Å²) < 4.78 is 1.72.